The van der Waals surface area contributed by atoms with Crippen molar-refractivity contribution in [3.63, 3.8) is 0 Å². The number of nitrogens with zero attached hydrogens (tertiary/aromatic N) is 2. The fourth-order valence-electron chi connectivity index (χ4n) is 3.44. The number of rotatable bonds is 4. The highest BCUT2D eigenvalue weighted by Gasteiger charge is 2.26. The lowest BCUT2D eigenvalue weighted by atomic mass is 10.0. The number of piperazine rings is 1. The Morgan fingerprint density at radius 2 is 1.58 bits per heavy atom. The molecule has 0 saturated carbocycles. The topological polar surface area (TPSA) is 23.6 Å². The first-order chi connectivity index (χ1) is 11.6. The quantitative estimate of drug-likeness (QED) is 0.802. The van der Waals surface area contributed by atoms with Crippen molar-refractivity contribution >= 4 is 11.5 Å². The van der Waals surface area contributed by atoms with Gasteiger partial charge in [-0.15, -0.1) is 0 Å². The van der Waals surface area contributed by atoms with Gasteiger partial charge in [-0.1, -0.05) is 42.5 Å². The lowest BCUT2D eigenvalue weighted by molar-refractivity contribution is 0.0830. The van der Waals surface area contributed by atoms with Crippen molar-refractivity contribution in [2.75, 3.05) is 31.1 Å². The van der Waals surface area contributed by atoms with Gasteiger partial charge in [-0.3, -0.25) is 9.69 Å². The van der Waals surface area contributed by atoms with E-state index in [0.717, 1.165) is 31.7 Å². The predicted octanol–water partition coefficient (Wildman–Crippen LogP) is 3.70. The maximum Gasteiger partial charge on any atom is 0.179 e. The fourth-order valence-corrected chi connectivity index (χ4v) is 3.44. The number of aryl methyl sites for hydroxylation is 1. The number of carbonyl (C=O) groups excluding carboxylic acids is 1. The van der Waals surface area contributed by atoms with Crippen molar-refractivity contribution in [3.05, 3.63) is 65.2 Å². The largest absolute Gasteiger partial charge is 0.369 e. The Morgan fingerprint density at radius 3 is 2.25 bits per heavy atom. The van der Waals surface area contributed by atoms with Crippen molar-refractivity contribution in [1.82, 2.24) is 4.90 Å². The van der Waals surface area contributed by atoms with E-state index in [-0.39, 0.29) is 11.8 Å². The Labute approximate surface area is 144 Å². The first-order valence-electron chi connectivity index (χ1n) is 8.72. The van der Waals surface area contributed by atoms with E-state index >= 15 is 0 Å². The monoisotopic (exact) mass is 322 g/mol. The van der Waals surface area contributed by atoms with Gasteiger partial charge < -0.3 is 4.90 Å². The SMILES string of the molecule is Cc1cccc(N2CCN(C(C)C(=O)c3ccccc3)CC2)c1C. The Morgan fingerprint density at radius 1 is 0.917 bits per heavy atom. The zero-order valence-corrected chi connectivity index (χ0v) is 14.8. The summed E-state index contributed by atoms with van der Waals surface area (Å²) in [4.78, 5) is 17.4. The van der Waals surface area contributed by atoms with E-state index in [0.29, 0.717) is 0 Å². The van der Waals surface area contributed by atoms with Crippen LogP contribution in [-0.2, 0) is 0 Å². The van der Waals surface area contributed by atoms with Gasteiger partial charge in [0, 0.05) is 37.4 Å². The molecule has 3 nitrogen and oxygen atoms in total. The fraction of sp³-hybridized carbons (Fsp3) is 0.381. The summed E-state index contributed by atoms with van der Waals surface area (Å²) in [6.45, 7) is 10.2. The zero-order valence-electron chi connectivity index (χ0n) is 14.8. The molecule has 1 fully saturated rings. The molecule has 1 aliphatic heterocycles. The molecule has 0 N–H and O–H groups in total. The lowest BCUT2D eigenvalue weighted by Crippen LogP contribution is -2.52. The Bertz CT molecular complexity index is 703. The molecule has 0 bridgehead atoms. The van der Waals surface area contributed by atoms with Gasteiger partial charge in [-0.25, -0.2) is 0 Å². The molecule has 0 radical (unpaired) electrons. The molecule has 126 valence electrons. The van der Waals surface area contributed by atoms with Crippen molar-refractivity contribution in [2.24, 2.45) is 0 Å². The number of benzene rings is 2. The first-order valence-corrected chi connectivity index (χ1v) is 8.72. The van der Waals surface area contributed by atoms with E-state index in [1.165, 1.54) is 16.8 Å². The predicted molar refractivity (Wildman–Crippen MR) is 99.9 cm³/mol. The van der Waals surface area contributed by atoms with Crippen LogP contribution in [0.2, 0.25) is 0 Å². The van der Waals surface area contributed by atoms with E-state index in [4.69, 9.17) is 0 Å². The van der Waals surface area contributed by atoms with E-state index in [1.807, 2.05) is 37.3 Å². The molecule has 0 spiro atoms. The molecule has 1 saturated heterocycles. The first kappa shape index (κ1) is 16.7. The molecule has 0 aromatic heterocycles. The number of Topliss-reactive ketones (excluding diaryl/α,β-unsaturated/α-hetero) is 1. The van der Waals surface area contributed by atoms with Gasteiger partial charge in [-0.05, 0) is 38.0 Å². The van der Waals surface area contributed by atoms with Gasteiger partial charge in [0.05, 0.1) is 6.04 Å². The highest BCUT2D eigenvalue weighted by Crippen LogP contribution is 2.24. The summed E-state index contributed by atoms with van der Waals surface area (Å²) in [5.41, 5.74) is 4.83. The third kappa shape index (κ3) is 3.36. The van der Waals surface area contributed by atoms with E-state index in [9.17, 15) is 4.79 Å². The summed E-state index contributed by atoms with van der Waals surface area (Å²) < 4.78 is 0. The molecule has 2 aromatic rings. The average Bonchev–Trinajstić information content (AvgIpc) is 2.64. The van der Waals surface area contributed by atoms with E-state index in [1.54, 1.807) is 0 Å². The van der Waals surface area contributed by atoms with Crippen LogP contribution in [0.4, 0.5) is 5.69 Å². The summed E-state index contributed by atoms with van der Waals surface area (Å²) in [7, 11) is 0. The minimum Gasteiger partial charge on any atom is -0.369 e. The van der Waals surface area contributed by atoms with Crippen LogP contribution in [0.25, 0.3) is 0 Å². The lowest BCUT2D eigenvalue weighted by Gasteiger charge is -2.39. The number of hydrogen-bond donors (Lipinski definition) is 0. The molecule has 0 aliphatic carbocycles. The third-order valence-corrected chi connectivity index (χ3v) is 5.22. The normalized spacial score (nSPS) is 16.9. The Kier molecular flexibility index (Phi) is 5.00. The Balaban J connectivity index is 1.64. The van der Waals surface area contributed by atoms with Gasteiger partial charge >= 0.3 is 0 Å². The Hall–Kier alpha value is -2.13. The van der Waals surface area contributed by atoms with Crippen LogP contribution in [0.1, 0.15) is 28.4 Å². The van der Waals surface area contributed by atoms with E-state index < -0.39 is 0 Å². The second-order valence-electron chi connectivity index (χ2n) is 6.65. The van der Waals surface area contributed by atoms with Crippen LogP contribution in [0, 0.1) is 13.8 Å². The van der Waals surface area contributed by atoms with Crippen molar-refractivity contribution in [1.29, 1.82) is 0 Å². The summed E-state index contributed by atoms with van der Waals surface area (Å²) in [6.07, 6.45) is 0. The molecule has 24 heavy (non-hydrogen) atoms. The summed E-state index contributed by atoms with van der Waals surface area (Å²) in [5.74, 6) is 0.218. The van der Waals surface area contributed by atoms with Gasteiger partial charge in [0.15, 0.2) is 5.78 Å². The summed E-state index contributed by atoms with van der Waals surface area (Å²) in [6, 6.07) is 16.1. The van der Waals surface area contributed by atoms with Crippen molar-refractivity contribution < 1.29 is 4.79 Å². The number of anilines is 1. The average molecular weight is 322 g/mol. The molecule has 1 aliphatic rings. The molecule has 2 aromatic carbocycles. The van der Waals surface area contributed by atoms with Crippen LogP contribution >= 0.6 is 0 Å². The summed E-state index contributed by atoms with van der Waals surface area (Å²) >= 11 is 0. The molecule has 3 heteroatoms. The van der Waals surface area contributed by atoms with Crippen molar-refractivity contribution in [2.45, 2.75) is 26.8 Å². The summed E-state index contributed by atoms with van der Waals surface area (Å²) in [5, 5.41) is 0. The van der Waals surface area contributed by atoms with Crippen LogP contribution in [0.3, 0.4) is 0 Å². The maximum absolute atomic E-state index is 12.6. The second kappa shape index (κ2) is 7.18. The number of ketones is 1. The number of hydrogen-bond acceptors (Lipinski definition) is 3. The van der Waals surface area contributed by atoms with Gasteiger partial charge in [0.1, 0.15) is 0 Å². The smallest absolute Gasteiger partial charge is 0.179 e. The zero-order chi connectivity index (χ0) is 17.1. The van der Waals surface area contributed by atoms with Crippen LogP contribution in [0.5, 0.6) is 0 Å². The van der Waals surface area contributed by atoms with Crippen LogP contribution in [0.15, 0.2) is 48.5 Å². The van der Waals surface area contributed by atoms with Gasteiger partial charge in [0.25, 0.3) is 0 Å². The molecular weight excluding hydrogens is 296 g/mol. The minimum absolute atomic E-state index is 0.0619. The van der Waals surface area contributed by atoms with Crippen molar-refractivity contribution in [3.8, 4) is 0 Å². The third-order valence-electron chi connectivity index (χ3n) is 5.22. The van der Waals surface area contributed by atoms with Gasteiger partial charge in [-0.2, -0.15) is 0 Å². The molecule has 1 heterocycles. The molecule has 1 unspecified atom stereocenters. The van der Waals surface area contributed by atoms with Crippen LogP contribution in [-0.4, -0.2) is 42.9 Å². The molecular formula is C21H26N2O. The number of carbonyl (C=O) groups is 1. The van der Waals surface area contributed by atoms with Crippen LogP contribution < -0.4 is 4.90 Å². The highest BCUT2D eigenvalue weighted by atomic mass is 16.1. The minimum atomic E-state index is -0.0619. The molecule has 0 amide bonds. The van der Waals surface area contributed by atoms with E-state index in [2.05, 4.69) is 41.8 Å². The molecule has 3 rings (SSSR count). The maximum atomic E-state index is 12.6. The van der Waals surface area contributed by atoms with Gasteiger partial charge in [0.2, 0.25) is 0 Å². The molecule has 1 atom stereocenters. The second-order valence-corrected chi connectivity index (χ2v) is 6.65. The highest BCUT2D eigenvalue weighted by molar-refractivity contribution is 5.99. The standard InChI is InChI=1S/C21H26N2O/c1-16-8-7-11-20(17(16)2)23-14-12-22(13-15-23)18(3)21(24)19-9-5-4-6-10-19/h4-11,18H,12-15H2,1-3H3.